The van der Waals surface area contributed by atoms with Crippen LogP contribution in [0.15, 0.2) is 220 Å². The SMILES string of the molecule is C.C=C(/C=C/C)Oc1ccc(C(c2ccc(O)cc2)(C(F)(F)F)C(F)(F)F)cc1.C=C(C)C(=C)Oc1ccc(C(c2ccc(O)cc2)(C(F)(F)F)C(F)(F)F)cc1.C=CC(=C)Oc1ccc(C(c2ccc(O)cc2)(C(F)(F)F)C(F)(F)F)cc1. The molecule has 3 N–H and O–H groups in total. The van der Waals surface area contributed by atoms with Crippen LogP contribution >= 0.6 is 0 Å². The monoisotopic (exact) mass is 1210 g/mol. The van der Waals surface area contributed by atoms with Crippen molar-refractivity contribution in [2.75, 3.05) is 0 Å². The molecule has 0 saturated carbocycles. The molecular weight excluding hydrogens is 1160 g/mol. The van der Waals surface area contributed by atoms with Gasteiger partial charge in [-0.15, -0.1) is 0 Å². The number of aromatic hydroxyl groups is 3. The summed E-state index contributed by atoms with van der Waals surface area (Å²) in [4.78, 5) is 0. The van der Waals surface area contributed by atoms with Crippen LogP contribution in [0, 0.1) is 0 Å². The second kappa shape index (κ2) is 26.3. The molecule has 84 heavy (non-hydrogen) atoms. The van der Waals surface area contributed by atoms with Gasteiger partial charge in [0.2, 0.25) is 16.2 Å². The third kappa shape index (κ3) is 14.5. The summed E-state index contributed by atoms with van der Waals surface area (Å²) in [5.41, 5.74) is -18.7. The van der Waals surface area contributed by atoms with Crippen LogP contribution in [0.2, 0.25) is 0 Å². The lowest BCUT2D eigenvalue weighted by Gasteiger charge is -2.38. The van der Waals surface area contributed by atoms with Crippen molar-refractivity contribution in [1.29, 1.82) is 0 Å². The maximum Gasteiger partial charge on any atom is 0.411 e. The topological polar surface area (TPSA) is 88.4 Å². The van der Waals surface area contributed by atoms with E-state index in [1.54, 1.807) is 19.9 Å². The van der Waals surface area contributed by atoms with E-state index in [-0.39, 0.29) is 42.0 Å². The number of rotatable bonds is 15. The standard InChI is InChI=1S/2C20H16F6O2.C19H14F6O2.CH4/c1-12(2)13(3)28-17-10-6-15(7-11-17)18(19(21,22)23,20(24,25)26)14-4-8-16(27)9-5-14;1-3-4-13(2)28-17-11-7-15(8-12-17)18(19(21,22)23,20(24,25)26)14-5-9-16(27)10-6-14;1-3-12(2)27-16-10-6-14(7-11-16)17(18(20,21)22,19(23,24)25)13-4-8-15(26)9-5-13;/h4-11,27H,1,3H2,2H3;3-12,27H,2H2,1H3;3-11,26H,1-2H2;1H4/b;4-3+;;. The molecule has 24 heteroatoms. The maximum atomic E-state index is 13.9. The summed E-state index contributed by atoms with van der Waals surface area (Å²) in [5.74, 6) is -0.917. The van der Waals surface area contributed by atoms with Crippen molar-refractivity contribution in [3.63, 3.8) is 0 Å². The quantitative estimate of drug-likeness (QED) is 0.0539. The van der Waals surface area contributed by atoms with Crippen molar-refractivity contribution >= 4 is 0 Å². The highest BCUT2D eigenvalue weighted by Crippen LogP contribution is 2.59. The van der Waals surface area contributed by atoms with Gasteiger partial charge in [0, 0.05) is 0 Å². The predicted molar refractivity (Wildman–Crippen MR) is 278 cm³/mol. The van der Waals surface area contributed by atoms with Crippen molar-refractivity contribution in [3.8, 4) is 34.5 Å². The van der Waals surface area contributed by atoms with Crippen LogP contribution in [-0.4, -0.2) is 52.4 Å². The van der Waals surface area contributed by atoms with Gasteiger partial charge in [-0.05, 0) is 138 Å². The van der Waals surface area contributed by atoms with Gasteiger partial charge >= 0.3 is 37.1 Å². The second-order valence-electron chi connectivity index (χ2n) is 17.6. The average Bonchev–Trinajstić information content (AvgIpc) is 3.05. The van der Waals surface area contributed by atoms with Crippen LogP contribution in [0.25, 0.3) is 0 Å². The summed E-state index contributed by atoms with van der Waals surface area (Å²) < 4.78 is 266. The molecule has 0 fully saturated rings. The van der Waals surface area contributed by atoms with E-state index in [9.17, 15) is 94.3 Å². The third-order valence-electron chi connectivity index (χ3n) is 12.1. The molecule has 0 amide bonds. The summed E-state index contributed by atoms with van der Waals surface area (Å²) in [6, 6.07) is 18.5. The summed E-state index contributed by atoms with van der Waals surface area (Å²) in [6.45, 7) is 20.8. The number of allylic oxidation sites excluding steroid dienone is 4. The van der Waals surface area contributed by atoms with Gasteiger partial charge < -0.3 is 29.5 Å². The van der Waals surface area contributed by atoms with Crippen molar-refractivity contribution < 1.29 is 109 Å². The Morgan fingerprint density at radius 2 is 0.560 bits per heavy atom. The van der Waals surface area contributed by atoms with E-state index in [1.165, 1.54) is 12.2 Å². The number of hydrogen-bond acceptors (Lipinski definition) is 6. The largest absolute Gasteiger partial charge is 0.508 e. The van der Waals surface area contributed by atoms with Crippen LogP contribution < -0.4 is 14.2 Å². The molecule has 0 radical (unpaired) electrons. The molecule has 6 nitrogen and oxygen atoms in total. The summed E-state index contributed by atoms with van der Waals surface area (Å²) in [6.07, 6.45) is -29.9. The Kier molecular flexibility index (Phi) is 21.7. The first-order valence-corrected chi connectivity index (χ1v) is 23.3. The fourth-order valence-corrected chi connectivity index (χ4v) is 8.19. The highest BCUT2D eigenvalue weighted by atomic mass is 19.4. The van der Waals surface area contributed by atoms with Crippen LogP contribution in [0.3, 0.4) is 0 Å². The first-order chi connectivity index (χ1) is 38.2. The normalized spacial score (nSPS) is 12.5. The van der Waals surface area contributed by atoms with E-state index < -0.39 is 104 Å². The fraction of sp³-hybridized carbons (Fsp3) is 0.200. The summed E-state index contributed by atoms with van der Waals surface area (Å²) in [7, 11) is 0. The Morgan fingerprint density at radius 3 is 0.750 bits per heavy atom. The Balaban J connectivity index is 0.000000328. The molecule has 6 aromatic carbocycles. The molecule has 6 aromatic rings. The molecule has 0 bridgehead atoms. The van der Waals surface area contributed by atoms with Gasteiger partial charge in [-0.3, -0.25) is 0 Å². The minimum absolute atomic E-state index is 0. The van der Waals surface area contributed by atoms with Gasteiger partial charge in [-0.1, -0.05) is 119 Å². The lowest BCUT2D eigenvalue weighted by molar-refractivity contribution is -0.290. The Bertz CT molecular complexity index is 3180. The van der Waals surface area contributed by atoms with Gasteiger partial charge in [0.05, 0.1) is 0 Å². The van der Waals surface area contributed by atoms with Gasteiger partial charge in [-0.25, -0.2) is 0 Å². The zero-order chi connectivity index (χ0) is 63.0. The fourth-order valence-electron chi connectivity index (χ4n) is 8.19. The average molecular weight is 1210 g/mol. The molecule has 0 unspecified atom stereocenters. The highest BCUT2D eigenvalue weighted by Gasteiger charge is 2.74. The first-order valence-electron chi connectivity index (χ1n) is 23.3. The summed E-state index contributed by atoms with van der Waals surface area (Å²) in [5, 5.41) is 27.8. The van der Waals surface area contributed by atoms with Crippen molar-refractivity contribution in [1.82, 2.24) is 0 Å². The van der Waals surface area contributed by atoms with Gasteiger partial charge in [-0.2, -0.15) is 79.0 Å². The first kappa shape index (κ1) is 69.6. The Hall–Kier alpha value is -8.70. The van der Waals surface area contributed by atoms with E-state index in [0.717, 1.165) is 72.8 Å². The number of phenols is 3. The van der Waals surface area contributed by atoms with Crippen LogP contribution in [-0.2, 0) is 16.2 Å². The smallest absolute Gasteiger partial charge is 0.411 e. The molecule has 0 aromatic heterocycles. The van der Waals surface area contributed by atoms with Gasteiger partial charge in [0.15, 0.2) is 0 Å². The van der Waals surface area contributed by atoms with E-state index in [2.05, 4.69) is 32.9 Å². The number of phenolic OH excluding ortho intramolecular Hbond substituents is 3. The lowest BCUT2D eigenvalue weighted by Crippen LogP contribution is -2.54. The predicted octanol–water partition coefficient (Wildman–Crippen LogP) is 19.1. The maximum absolute atomic E-state index is 13.9. The molecule has 0 aliphatic rings. The molecule has 0 aliphatic carbocycles. The van der Waals surface area contributed by atoms with Gasteiger partial charge in [0.25, 0.3) is 0 Å². The molecule has 452 valence electrons. The molecule has 0 heterocycles. The molecule has 0 spiro atoms. The van der Waals surface area contributed by atoms with Gasteiger partial charge in [0.1, 0.15) is 51.8 Å². The zero-order valence-corrected chi connectivity index (χ0v) is 43.0. The van der Waals surface area contributed by atoms with Crippen LogP contribution in [0.5, 0.6) is 34.5 Å². The zero-order valence-electron chi connectivity index (χ0n) is 43.0. The number of benzene rings is 6. The van der Waals surface area contributed by atoms with Crippen molar-refractivity contribution in [2.24, 2.45) is 0 Å². The number of halogens is 18. The van der Waals surface area contributed by atoms with E-state index in [4.69, 9.17) is 14.2 Å². The molecular formula is C60H50F18O6. The van der Waals surface area contributed by atoms with Crippen molar-refractivity contribution in [2.45, 2.75) is 74.6 Å². The molecule has 6 rings (SSSR count). The third-order valence-corrected chi connectivity index (χ3v) is 12.1. The lowest BCUT2D eigenvalue weighted by atomic mass is 9.73. The highest BCUT2D eigenvalue weighted by molar-refractivity contribution is 5.50. The van der Waals surface area contributed by atoms with E-state index in [1.807, 2.05) is 0 Å². The minimum atomic E-state index is -5.70. The van der Waals surface area contributed by atoms with E-state index >= 15 is 0 Å². The minimum Gasteiger partial charge on any atom is -0.508 e. The number of hydrogen-bond donors (Lipinski definition) is 3. The Morgan fingerprint density at radius 1 is 0.357 bits per heavy atom. The number of ether oxygens (including phenoxy) is 3. The Labute approximate surface area is 469 Å². The van der Waals surface area contributed by atoms with Crippen molar-refractivity contribution in [3.05, 3.63) is 253 Å². The van der Waals surface area contributed by atoms with Crippen LogP contribution in [0.4, 0.5) is 79.0 Å². The van der Waals surface area contributed by atoms with E-state index in [0.29, 0.717) is 78.4 Å². The number of alkyl halides is 18. The molecule has 0 aliphatic heterocycles. The molecule has 0 saturated heterocycles. The summed E-state index contributed by atoms with van der Waals surface area (Å²) >= 11 is 0. The molecule has 0 atom stereocenters. The van der Waals surface area contributed by atoms with Crippen LogP contribution in [0.1, 0.15) is 54.7 Å². The second-order valence-corrected chi connectivity index (χ2v) is 17.6.